The van der Waals surface area contributed by atoms with Crippen LogP contribution in [0.3, 0.4) is 0 Å². The summed E-state index contributed by atoms with van der Waals surface area (Å²) in [6.45, 7) is -0.363. The van der Waals surface area contributed by atoms with E-state index < -0.39 is 101 Å². The van der Waals surface area contributed by atoms with E-state index in [1.807, 2.05) is 4.98 Å². The number of hydrogen-bond acceptors (Lipinski definition) is 18. The fourth-order valence-corrected chi connectivity index (χ4v) is 6.14. The van der Waals surface area contributed by atoms with Crippen LogP contribution in [0.15, 0.2) is 21.9 Å². The summed E-state index contributed by atoms with van der Waals surface area (Å²) in [6, 6.07) is 0.923. The van der Waals surface area contributed by atoms with Gasteiger partial charge in [-0.05, 0) is 0 Å². The minimum absolute atomic E-state index is 0.0993. The lowest BCUT2D eigenvalue weighted by molar-refractivity contribution is -0.288. The van der Waals surface area contributed by atoms with Crippen molar-refractivity contribution in [2.24, 2.45) is 5.92 Å². The number of nitrogens with zero attached hydrogens (tertiary/aromatic N) is 1. The monoisotopic (exact) mass is 663 g/mol. The molecular weight excluding hydrogens is 632 g/mol. The second-order valence-corrected chi connectivity index (χ2v) is 12.2. The zero-order valence-electron chi connectivity index (χ0n) is 22.5. The number of hydrogen-bond donors (Lipinski definition) is 6. The molecule has 0 aliphatic carbocycles. The van der Waals surface area contributed by atoms with Gasteiger partial charge in [-0.3, -0.25) is 28.0 Å². The molecule has 2 fully saturated rings. The number of phosphoric ester groups is 2. The molecule has 23 heteroatoms. The normalized spacial score (nSPS) is 33.8. The van der Waals surface area contributed by atoms with Crippen molar-refractivity contribution >= 4 is 21.7 Å². The van der Waals surface area contributed by atoms with Crippen molar-refractivity contribution in [2.45, 2.75) is 56.1 Å². The van der Waals surface area contributed by atoms with Crippen LogP contribution in [0.4, 0.5) is 4.79 Å². The molecule has 0 saturated carbocycles. The standard InChI is InChI=1S/C20H33N3O18P2/c1-9-13(25)14(26)10(7-21-20(30)36-6-5-35-2)39-18(9)40-43(33,34)41-42(31,32)37-8-11-15(27)16(28)17(38-11)23-4-3-12(24)22-19(23)29/h3-4,9-11,13-18,25-28H,5-8H2,1-2H3,(H,21,30)(H,31,32)(H,33,34)(H,22,24,29)/p-2/t9?,10?,11-,13-,14+,15+,16?,17-,18+/m1/s1. The third-order valence-electron chi connectivity index (χ3n) is 6.27. The summed E-state index contributed by atoms with van der Waals surface area (Å²) in [5, 5.41) is 43.2. The van der Waals surface area contributed by atoms with E-state index >= 15 is 0 Å². The Morgan fingerprint density at radius 2 is 1.72 bits per heavy atom. The molecule has 2 aliphatic heterocycles. The van der Waals surface area contributed by atoms with Crippen molar-refractivity contribution in [1.82, 2.24) is 14.9 Å². The Morgan fingerprint density at radius 3 is 2.37 bits per heavy atom. The average Bonchev–Trinajstić information content (AvgIpc) is 3.19. The van der Waals surface area contributed by atoms with Crippen molar-refractivity contribution in [3.05, 3.63) is 33.1 Å². The number of aromatic nitrogens is 2. The predicted octanol–water partition coefficient (Wildman–Crippen LogP) is -4.40. The van der Waals surface area contributed by atoms with Gasteiger partial charge in [-0.15, -0.1) is 0 Å². The maximum absolute atomic E-state index is 12.4. The molecule has 3 heterocycles. The van der Waals surface area contributed by atoms with Gasteiger partial charge in [-0.25, -0.2) is 13.9 Å². The second-order valence-electron chi connectivity index (χ2n) is 9.33. The molecule has 1 aromatic rings. The number of alkyl carbamates (subject to hydrolysis) is 1. The largest absolute Gasteiger partial charge is 0.756 e. The molecule has 11 atom stereocenters. The number of carbonyl (C=O) groups excluding carboxylic acids is 1. The fourth-order valence-electron chi connectivity index (χ4n) is 3.99. The lowest BCUT2D eigenvalue weighted by atomic mass is 9.92. The number of aliphatic hydroxyl groups is 4. The lowest BCUT2D eigenvalue weighted by Gasteiger charge is -2.43. The topological polar surface area (TPSA) is 310 Å². The van der Waals surface area contributed by atoms with E-state index in [2.05, 4.69) is 18.7 Å². The van der Waals surface area contributed by atoms with Crippen LogP contribution < -0.4 is 26.4 Å². The highest BCUT2D eigenvalue weighted by Gasteiger charge is 2.46. The van der Waals surface area contributed by atoms with Crippen LogP contribution in [0.25, 0.3) is 0 Å². The van der Waals surface area contributed by atoms with Gasteiger partial charge in [0.05, 0.1) is 19.3 Å². The van der Waals surface area contributed by atoms with Gasteiger partial charge in [-0.2, -0.15) is 0 Å². The van der Waals surface area contributed by atoms with Gasteiger partial charge >= 0.3 is 11.8 Å². The highest BCUT2D eigenvalue weighted by Crippen LogP contribution is 2.57. The summed E-state index contributed by atoms with van der Waals surface area (Å²) in [7, 11) is -10.2. The van der Waals surface area contributed by atoms with Gasteiger partial charge in [0.2, 0.25) is 0 Å². The summed E-state index contributed by atoms with van der Waals surface area (Å²) < 4.78 is 58.6. The van der Waals surface area contributed by atoms with Crippen molar-refractivity contribution in [1.29, 1.82) is 0 Å². The van der Waals surface area contributed by atoms with Crippen molar-refractivity contribution in [3.8, 4) is 0 Å². The number of amides is 1. The first-order valence-corrected chi connectivity index (χ1v) is 15.4. The van der Waals surface area contributed by atoms with Gasteiger partial charge in [0.15, 0.2) is 12.5 Å². The number of H-pyrrole nitrogens is 1. The molecule has 21 nitrogen and oxygen atoms in total. The Balaban J connectivity index is 1.57. The van der Waals surface area contributed by atoms with Crippen molar-refractivity contribution < 1.29 is 76.4 Å². The number of aliphatic hydroxyl groups excluding tert-OH is 4. The number of ether oxygens (including phenoxy) is 4. The van der Waals surface area contributed by atoms with E-state index in [0.717, 1.165) is 12.3 Å². The number of phosphoric acid groups is 2. The van der Waals surface area contributed by atoms with Crippen LogP contribution in [0.5, 0.6) is 0 Å². The molecular formula is C20H31N3O18P2-2. The molecule has 0 spiro atoms. The molecule has 1 aromatic heterocycles. The van der Waals surface area contributed by atoms with Crippen LogP contribution in [0.2, 0.25) is 0 Å². The minimum atomic E-state index is -5.84. The van der Waals surface area contributed by atoms with E-state index in [-0.39, 0.29) is 13.2 Å². The molecule has 43 heavy (non-hydrogen) atoms. The predicted molar refractivity (Wildman–Crippen MR) is 132 cm³/mol. The summed E-state index contributed by atoms with van der Waals surface area (Å²) >= 11 is 0. The molecule has 2 aliphatic rings. The van der Waals surface area contributed by atoms with E-state index in [0.29, 0.717) is 4.57 Å². The number of methoxy groups -OCH3 is 1. The molecule has 0 radical (unpaired) electrons. The molecule has 246 valence electrons. The Hall–Kier alpha value is -2.07. The summed E-state index contributed by atoms with van der Waals surface area (Å²) in [5.41, 5.74) is -1.77. The van der Waals surface area contributed by atoms with Gasteiger partial charge in [0.25, 0.3) is 21.2 Å². The molecule has 5 unspecified atom stereocenters. The molecule has 3 rings (SSSR count). The SMILES string of the molecule is COCCOC(=O)NCC1O[C@@H](OP(=O)([O-])OP(=O)([O-])OC[C@H]2O[C@@H](n3ccc(=O)[nH]c3=O)C(O)[C@H]2O)C(C)[C@@H](O)[C@H]1O. The molecule has 6 N–H and O–H groups in total. The van der Waals surface area contributed by atoms with Crippen molar-refractivity contribution in [3.63, 3.8) is 0 Å². The maximum atomic E-state index is 12.4. The van der Waals surface area contributed by atoms with Crippen LogP contribution in [-0.2, 0) is 41.4 Å². The quantitative estimate of drug-likeness (QED) is 0.0857. The second kappa shape index (κ2) is 14.8. The van der Waals surface area contributed by atoms with Gasteiger partial charge in [-0.1, -0.05) is 6.92 Å². The first-order chi connectivity index (χ1) is 20.0. The fraction of sp³-hybridized carbons (Fsp3) is 0.750. The molecule has 0 aromatic carbocycles. The van der Waals surface area contributed by atoms with Crippen LogP contribution >= 0.6 is 15.6 Å². The summed E-state index contributed by atoms with van der Waals surface area (Å²) in [5.74, 6) is -1.26. The Bertz CT molecular complexity index is 1310. The van der Waals surface area contributed by atoms with E-state index in [1.165, 1.54) is 14.0 Å². The zero-order valence-corrected chi connectivity index (χ0v) is 24.3. The highest BCUT2D eigenvalue weighted by atomic mass is 31.3. The molecule has 2 saturated heterocycles. The lowest BCUT2D eigenvalue weighted by Crippen LogP contribution is -2.57. The van der Waals surface area contributed by atoms with Gasteiger partial charge in [0.1, 0.15) is 37.1 Å². The minimum Gasteiger partial charge on any atom is -0.756 e. The van der Waals surface area contributed by atoms with Gasteiger partial charge in [0, 0.05) is 31.8 Å². The molecule has 1 amide bonds. The smallest absolute Gasteiger partial charge is 0.407 e. The summed E-state index contributed by atoms with van der Waals surface area (Å²) in [4.78, 5) is 61.5. The van der Waals surface area contributed by atoms with E-state index in [1.54, 1.807) is 0 Å². The first kappa shape index (κ1) is 35.4. The highest BCUT2D eigenvalue weighted by molar-refractivity contribution is 7.59. The van der Waals surface area contributed by atoms with E-state index in [9.17, 15) is 53.7 Å². The number of carbonyl (C=O) groups is 1. The number of aromatic amines is 1. The van der Waals surface area contributed by atoms with Crippen LogP contribution in [-0.4, -0.2) is 112 Å². The maximum Gasteiger partial charge on any atom is 0.407 e. The Morgan fingerprint density at radius 1 is 1.05 bits per heavy atom. The van der Waals surface area contributed by atoms with Crippen LogP contribution in [0, 0.1) is 5.92 Å². The van der Waals surface area contributed by atoms with Gasteiger partial charge < -0.3 is 59.0 Å². The van der Waals surface area contributed by atoms with E-state index in [4.69, 9.17) is 18.9 Å². The first-order valence-electron chi connectivity index (χ1n) is 12.5. The summed E-state index contributed by atoms with van der Waals surface area (Å²) in [6.07, 6.45) is -13.4. The average molecular weight is 663 g/mol. The third kappa shape index (κ3) is 9.46. The van der Waals surface area contributed by atoms with Crippen molar-refractivity contribution in [2.75, 3.05) is 33.5 Å². The Kier molecular flexibility index (Phi) is 12.2. The third-order valence-corrected chi connectivity index (χ3v) is 8.80. The zero-order chi connectivity index (χ0) is 32.1. The van der Waals surface area contributed by atoms with Crippen LogP contribution in [0.1, 0.15) is 13.2 Å². The number of nitrogens with one attached hydrogen (secondary N) is 2. The number of rotatable bonds is 13. The Labute approximate surface area is 242 Å². The molecule has 0 bridgehead atoms.